The number of nitrogens with one attached hydrogen (secondary N) is 1. The van der Waals surface area contributed by atoms with Gasteiger partial charge in [-0.3, -0.25) is 0 Å². The van der Waals surface area contributed by atoms with E-state index in [0.29, 0.717) is 22.6 Å². The Hall–Kier alpha value is -2.86. The van der Waals surface area contributed by atoms with Gasteiger partial charge < -0.3 is 5.32 Å². The number of hydrogen-bond acceptors (Lipinski definition) is 8. The predicted octanol–water partition coefficient (Wildman–Crippen LogP) is 1.09. The first-order chi connectivity index (χ1) is 9.80. The minimum Gasteiger partial charge on any atom is -0.357 e. The number of anilines is 1. The van der Waals surface area contributed by atoms with E-state index in [0.717, 1.165) is 4.88 Å². The second kappa shape index (κ2) is 5.02. The molecule has 0 aliphatic carbocycles. The second-order valence-corrected chi connectivity index (χ2v) is 4.73. The zero-order valence-corrected chi connectivity index (χ0v) is 11.2. The molecule has 3 aromatic rings. The Morgan fingerprint density at radius 3 is 2.85 bits per heavy atom. The van der Waals surface area contributed by atoms with Crippen LogP contribution in [0.1, 0.15) is 4.88 Å². The molecule has 0 aliphatic heterocycles. The lowest BCUT2D eigenvalue weighted by Gasteiger charge is -2.04. The van der Waals surface area contributed by atoms with Crippen molar-refractivity contribution in [3.63, 3.8) is 0 Å². The molecule has 3 heterocycles. The number of aromatic nitrogens is 6. The van der Waals surface area contributed by atoms with Gasteiger partial charge in [0.05, 0.1) is 4.88 Å². The van der Waals surface area contributed by atoms with Crippen LogP contribution in [0.3, 0.4) is 0 Å². The molecule has 98 valence electrons. The van der Waals surface area contributed by atoms with Crippen molar-refractivity contribution in [2.24, 2.45) is 0 Å². The van der Waals surface area contributed by atoms with Gasteiger partial charge in [0.1, 0.15) is 23.6 Å². The Labute approximate surface area is 117 Å². The van der Waals surface area contributed by atoms with Crippen LogP contribution in [0.15, 0.2) is 24.8 Å². The Balaban J connectivity index is 2.11. The van der Waals surface area contributed by atoms with E-state index in [1.54, 1.807) is 13.1 Å². The summed E-state index contributed by atoms with van der Waals surface area (Å²) in [6, 6.07) is 5.63. The molecule has 0 unspecified atom stereocenters. The summed E-state index contributed by atoms with van der Waals surface area (Å²) in [5, 5.41) is 15.7. The highest BCUT2D eigenvalue weighted by molar-refractivity contribution is 7.15. The minimum absolute atomic E-state index is 0.365. The van der Waals surface area contributed by atoms with Crippen LogP contribution in [-0.4, -0.2) is 36.8 Å². The second-order valence-electron chi connectivity index (χ2n) is 3.65. The summed E-state index contributed by atoms with van der Waals surface area (Å²) in [5.74, 6) is 1.28. The summed E-state index contributed by atoms with van der Waals surface area (Å²) >= 11 is 1.32. The molecule has 0 bridgehead atoms. The van der Waals surface area contributed by atoms with Crippen molar-refractivity contribution in [3.8, 4) is 22.7 Å². The van der Waals surface area contributed by atoms with Crippen LogP contribution < -0.4 is 5.32 Å². The lowest BCUT2D eigenvalue weighted by atomic mass is 10.4. The summed E-state index contributed by atoms with van der Waals surface area (Å²) in [6.07, 6.45) is 2.91. The monoisotopic (exact) mass is 284 g/mol. The zero-order chi connectivity index (χ0) is 13.9. The van der Waals surface area contributed by atoms with Crippen LogP contribution in [0.25, 0.3) is 16.6 Å². The molecule has 20 heavy (non-hydrogen) atoms. The smallest absolute Gasteiger partial charge is 0.257 e. The summed E-state index contributed by atoms with van der Waals surface area (Å²) in [5.41, 5.74) is 0. The van der Waals surface area contributed by atoms with Gasteiger partial charge in [-0.15, -0.1) is 11.3 Å². The molecule has 1 N–H and O–H groups in total. The van der Waals surface area contributed by atoms with Crippen molar-refractivity contribution in [3.05, 3.63) is 29.7 Å². The molecule has 8 nitrogen and oxygen atoms in total. The third-order valence-electron chi connectivity index (χ3n) is 2.41. The molecule has 0 fully saturated rings. The fourth-order valence-electron chi connectivity index (χ4n) is 1.52. The van der Waals surface area contributed by atoms with Crippen molar-refractivity contribution in [1.82, 2.24) is 29.7 Å². The van der Waals surface area contributed by atoms with Crippen molar-refractivity contribution >= 4 is 17.3 Å². The maximum Gasteiger partial charge on any atom is 0.257 e. The van der Waals surface area contributed by atoms with Crippen molar-refractivity contribution in [1.29, 1.82) is 5.26 Å². The van der Waals surface area contributed by atoms with Gasteiger partial charge in [-0.25, -0.2) is 4.98 Å². The predicted molar refractivity (Wildman–Crippen MR) is 72.3 cm³/mol. The fourth-order valence-corrected chi connectivity index (χ4v) is 2.26. The van der Waals surface area contributed by atoms with E-state index in [2.05, 4.69) is 36.4 Å². The Morgan fingerprint density at radius 2 is 2.20 bits per heavy atom. The van der Waals surface area contributed by atoms with E-state index in [9.17, 15) is 0 Å². The molecule has 0 aliphatic rings. The first-order valence-corrected chi connectivity index (χ1v) is 6.41. The molecular formula is C11H8N8S. The van der Waals surface area contributed by atoms with Crippen LogP contribution in [-0.2, 0) is 0 Å². The Bertz CT molecular complexity index is 770. The highest BCUT2D eigenvalue weighted by Crippen LogP contribution is 2.25. The van der Waals surface area contributed by atoms with Gasteiger partial charge in [-0.1, -0.05) is 0 Å². The topological polar surface area (TPSA) is 105 Å². The molecule has 9 heteroatoms. The lowest BCUT2D eigenvalue weighted by Crippen LogP contribution is -2.07. The first kappa shape index (κ1) is 12.2. The molecule has 0 radical (unpaired) electrons. The summed E-state index contributed by atoms with van der Waals surface area (Å²) < 4.78 is 1.45. The van der Waals surface area contributed by atoms with Gasteiger partial charge in [0.2, 0.25) is 5.95 Å². The highest BCUT2D eigenvalue weighted by Gasteiger charge is 2.11. The summed E-state index contributed by atoms with van der Waals surface area (Å²) in [7, 11) is 1.72. The summed E-state index contributed by atoms with van der Waals surface area (Å²) in [4.78, 5) is 18.1. The summed E-state index contributed by atoms with van der Waals surface area (Å²) in [6.45, 7) is 0. The lowest BCUT2D eigenvalue weighted by molar-refractivity contribution is 0.799. The third-order valence-corrected chi connectivity index (χ3v) is 3.39. The van der Waals surface area contributed by atoms with Gasteiger partial charge >= 0.3 is 0 Å². The Kier molecular flexibility index (Phi) is 3.06. The zero-order valence-electron chi connectivity index (χ0n) is 10.3. The van der Waals surface area contributed by atoms with Gasteiger partial charge in [0, 0.05) is 7.05 Å². The van der Waals surface area contributed by atoms with Crippen LogP contribution in [0, 0.1) is 11.3 Å². The van der Waals surface area contributed by atoms with E-state index in [1.807, 2.05) is 6.07 Å². The number of hydrogen-bond donors (Lipinski definition) is 1. The average molecular weight is 284 g/mol. The van der Waals surface area contributed by atoms with Crippen molar-refractivity contribution in [2.45, 2.75) is 0 Å². The van der Waals surface area contributed by atoms with E-state index in [4.69, 9.17) is 5.26 Å². The van der Waals surface area contributed by atoms with Gasteiger partial charge in [-0.05, 0) is 12.1 Å². The third kappa shape index (κ3) is 2.19. The van der Waals surface area contributed by atoms with E-state index < -0.39 is 0 Å². The number of nitriles is 1. The molecule has 0 aromatic carbocycles. The molecule has 0 atom stereocenters. The first-order valence-electron chi connectivity index (χ1n) is 5.59. The van der Waals surface area contributed by atoms with Gasteiger partial charge in [-0.2, -0.15) is 30.0 Å². The molecule has 3 aromatic heterocycles. The SMILES string of the molecule is CNc1nc(-c2ccc(C#N)s2)nc(-n2cncn2)n1. The number of thiophene rings is 1. The van der Waals surface area contributed by atoms with Crippen molar-refractivity contribution in [2.75, 3.05) is 12.4 Å². The number of nitrogens with zero attached hydrogens (tertiary/aromatic N) is 7. The van der Waals surface area contributed by atoms with E-state index >= 15 is 0 Å². The molecular weight excluding hydrogens is 276 g/mol. The maximum absolute atomic E-state index is 8.88. The van der Waals surface area contributed by atoms with Gasteiger partial charge in [0.25, 0.3) is 5.95 Å². The van der Waals surface area contributed by atoms with Crippen molar-refractivity contribution < 1.29 is 0 Å². The van der Waals surface area contributed by atoms with Crippen LogP contribution in [0.5, 0.6) is 0 Å². The fraction of sp³-hybridized carbons (Fsp3) is 0.0909. The highest BCUT2D eigenvalue weighted by atomic mass is 32.1. The molecule has 0 spiro atoms. The average Bonchev–Trinajstić information content (AvgIpc) is 3.17. The van der Waals surface area contributed by atoms with E-state index in [1.165, 1.54) is 28.7 Å². The minimum atomic E-state index is 0.365. The standard InChI is InChI=1S/C11H8N8S/c1-13-10-16-9(8-3-2-7(4-12)20-8)17-11(18-10)19-6-14-5-15-19/h2-3,5-6H,1H3,(H,13,16,17,18). The molecule has 3 rings (SSSR count). The molecule has 0 amide bonds. The van der Waals surface area contributed by atoms with Crippen LogP contribution in [0.4, 0.5) is 5.95 Å². The van der Waals surface area contributed by atoms with E-state index in [-0.39, 0.29) is 0 Å². The normalized spacial score (nSPS) is 10.2. The van der Waals surface area contributed by atoms with Gasteiger partial charge in [0.15, 0.2) is 5.82 Å². The molecule has 0 saturated carbocycles. The van der Waals surface area contributed by atoms with Crippen LogP contribution >= 0.6 is 11.3 Å². The largest absolute Gasteiger partial charge is 0.357 e. The number of rotatable bonds is 3. The quantitative estimate of drug-likeness (QED) is 0.767. The maximum atomic E-state index is 8.88. The van der Waals surface area contributed by atoms with Crippen LogP contribution in [0.2, 0.25) is 0 Å². The Morgan fingerprint density at radius 1 is 1.30 bits per heavy atom. The molecule has 0 saturated heterocycles.